The number of hydrogen-bond donors (Lipinski definition) is 0. The standard InChI is InChI=1S/C17H27ClN2O/c1-4-15(18)16-12(2)19-20(13(16)3)11-14-7-10-17(21-14)8-5-6-9-17/h14-15H,4-11H2,1-3H3. The molecular formula is C17H27ClN2O. The van der Waals surface area contributed by atoms with Gasteiger partial charge in [-0.3, -0.25) is 4.68 Å². The Kier molecular flexibility index (Phi) is 4.33. The highest BCUT2D eigenvalue weighted by atomic mass is 35.5. The van der Waals surface area contributed by atoms with Crippen LogP contribution in [-0.2, 0) is 11.3 Å². The quantitative estimate of drug-likeness (QED) is 0.755. The second-order valence-electron chi connectivity index (χ2n) is 6.81. The predicted molar refractivity (Wildman–Crippen MR) is 85.9 cm³/mol. The van der Waals surface area contributed by atoms with E-state index < -0.39 is 0 Å². The van der Waals surface area contributed by atoms with E-state index >= 15 is 0 Å². The Morgan fingerprint density at radius 1 is 1.33 bits per heavy atom. The average Bonchev–Trinajstić information content (AvgIpc) is 3.14. The van der Waals surface area contributed by atoms with Crippen LogP contribution in [0.5, 0.6) is 0 Å². The highest BCUT2D eigenvalue weighted by Crippen LogP contribution is 2.43. The molecule has 3 nitrogen and oxygen atoms in total. The van der Waals surface area contributed by atoms with Crippen molar-refractivity contribution in [2.45, 2.75) is 89.3 Å². The van der Waals surface area contributed by atoms with Crippen molar-refractivity contribution < 1.29 is 4.74 Å². The van der Waals surface area contributed by atoms with E-state index in [2.05, 4.69) is 25.5 Å². The number of ether oxygens (including phenoxy) is 1. The molecule has 0 aromatic carbocycles. The number of alkyl halides is 1. The molecular weight excluding hydrogens is 284 g/mol. The Balaban J connectivity index is 1.71. The summed E-state index contributed by atoms with van der Waals surface area (Å²) >= 11 is 6.45. The summed E-state index contributed by atoms with van der Waals surface area (Å²) in [5.74, 6) is 0. The molecule has 0 radical (unpaired) electrons. The third-order valence-electron chi connectivity index (χ3n) is 5.34. The number of aromatic nitrogens is 2. The van der Waals surface area contributed by atoms with Crippen molar-refractivity contribution in [3.8, 4) is 0 Å². The van der Waals surface area contributed by atoms with E-state index in [9.17, 15) is 0 Å². The lowest BCUT2D eigenvalue weighted by Gasteiger charge is -2.24. The minimum Gasteiger partial charge on any atom is -0.370 e. The van der Waals surface area contributed by atoms with Crippen LogP contribution in [0.25, 0.3) is 0 Å². The smallest absolute Gasteiger partial charge is 0.0779 e. The van der Waals surface area contributed by atoms with Crippen molar-refractivity contribution in [3.05, 3.63) is 17.0 Å². The van der Waals surface area contributed by atoms with Crippen molar-refractivity contribution in [1.29, 1.82) is 0 Å². The first-order valence-corrected chi connectivity index (χ1v) is 8.84. The minimum atomic E-state index is 0.0735. The van der Waals surface area contributed by atoms with Crippen molar-refractivity contribution in [2.24, 2.45) is 0 Å². The van der Waals surface area contributed by atoms with Crippen LogP contribution < -0.4 is 0 Å². The molecule has 118 valence electrons. The van der Waals surface area contributed by atoms with Gasteiger partial charge in [0.15, 0.2) is 0 Å². The lowest BCUT2D eigenvalue weighted by molar-refractivity contribution is -0.0431. The van der Waals surface area contributed by atoms with Crippen LogP contribution in [0, 0.1) is 13.8 Å². The van der Waals surface area contributed by atoms with Gasteiger partial charge in [0.25, 0.3) is 0 Å². The first kappa shape index (κ1) is 15.4. The van der Waals surface area contributed by atoms with E-state index in [1.54, 1.807) is 0 Å². The topological polar surface area (TPSA) is 27.1 Å². The zero-order chi connectivity index (χ0) is 15.0. The van der Waals surface area contributed by atoms with Crippen LogP contribution in [0.4, 0.5) is 0 Å². The Hall–Kier alpha value is -0.540. The number of halogens is 1. The molecule has 1 aliphatic carbocycles. The molecule has 2 aliphatic rings. The molecule has 0 bridgehead atoms. The molecule has 3 rings (SSSR count). The molecule has 1 spiro atoms. The van der Waals surface area contributed by atoms with E-state index in [1.807, 2.05) is 0 Å². The first-order chi connectivity index (χ1) is 10.0. The Bertz CT molecular complexity index is 505. The molecule has 0 N–H and O–H groups in total. The van der Waals surface area contributed by atoms with Crippen LogP contribution in [0.2, 0.25) is 0 Å². The maximum Gasteiger partial charge on any atom is 0.0779 e. The SMILES string of the molecule is CCC(Cl)c1c(C)nn(CC2CCC3(CCCC3)O2)c1C. The fourth-order valence-corrected chi connectivity index (χ4v) is 4.47. The average molecular weight is 311 g/mol. The van der Waals surface area contributed by atoms with E-state index in [0.717, 1.165) is 18.7 Å². The normalized spacial score (nSPS) is 25.8. The van der Waals surface area contributed by atoms with Crippen molar-refractivity contribution in [3.63, 3.8) is 0 Å². The molecule has 1 saturated carbocycles. The summed E-state index contributed by atoms with van der Waals surface area (Å²) in [7, 11) is 0. The zero-order valence-corrected chi connectivity index (χ0v) is 14.2. The number of aryl methyl sites for hydroxylation is 1. The van der Waals surface area contributed by atoms with Gasteiger partial charge in [-0.1, -0.05) is 19.8 Å². The molecule has 4 heteroatoms. The minimum absolute atomic E-state index is 0.0735. The Morgan fingerprint density at radius 3 is 2.71 bits per heavy atom. The van der Waals surface area contributed by atoms with Crippen molar-refractivity contribution >= 4 is 11.6 Å². The molecule has 2 heterocycles. The summed E-state index contributed by atoms with van der Waals surface area (Å²) in [4.78, 5) is 0. The molecule has 21 heavy (non-hydrogen) atoms. The van der Waals surface area contributed by atoms with Crippen LogP contribution in [0.1, 0.15) is 74.2 Å². The molecule has 1 saturated heterocycles. The number of hydrogen-bond acceptors (Lipinski definition) is 2. The summed E-state index contributed by atoms with van der Waals surface area (Å²) in [5, 5.41) is 4.78. The van der Waals surface area contributed by atoms with Gasteiger partial charge < -0.3 is 4.74 Å². The van der Waals surface area contributed by atoms with Crippen LogP contribution >= 0.6 is 11.6 Å². The zero-order valence-electron chi connectivity index (χ0n) is 13.5. The van der Waals surface area contributed by atoms with E-state index in [0.29, 0.717) is 6.10 Å². The lowest BCUT2D eigenvalue weighted by Crippen LogP contribution is -2.27. The van der Waals surface area contributed by atoms with Gasteiger partial charge in [-0.2, -0.15) is 5.10 Å². The molecule has 0 amide bonds. The summed E-state index contributed by atoms with van der Waals surface area (Å²) in [6.07, 6.45) is 8.85. The molecule has 1 aromatic rings. The van der Waals surface area contributed by atoms with Gasteiger partial charge in [0, 0.05) is 11.3 Å². The van der Waals surface area contributed by atoms with Crippen LogP contribution in [0.15, 0.2) is 0 Å². The summed E-state index contributed by atoms with van der Waals surface area (Å²) < 4.78 is 8.53. The van der Waals surface area contributed by atoms with Gasteiger partial charge in [0.2, 0.25) is 0 Å². The van der Waals surface area contributed by atoms with Gasteiger partial charge >= 0.3 is 0 Å². The van der Waals surface area contributed by atoms with Gasteiger partial charge in [-0.25, -0.2) is 0 Å². The maximum absolute atomic E-state index is 6.45. The Labute approximate surface area is 133 Å². The first-order valence-electron chi connectivity index (χ1n) is 8.40. The third-order valence-corrected chi connectivity index (χ3v) is 5.87. The second kappa shape index (κ2) is 5.92. The third kappa shape index (κ3) is 2.87. The van der Waals surface area contributed by atoms with Crippen LogP contribution in [0.3, 0.4) is 0 Å². The summed E-state index contributed by atoms with van der Waals surface area (Å²) in [6, 6.07) is 0. The van der Waals surface area contributed by atoms with E-state index in [4.69, 9.17) is 21.4 Å². The van der Waals surface area contributed by atoms with Gasteiger partial charge in [-0.15, -0.1) is 11.6 Å². The number of rotatable bonds is 4. The predicted octanol–water partition coefficient (Wildman–Crippen LogP) is 4.68. The molecule has 1 aromatic heterocycles. The van der Waals surface area contributed by atoms with Crippen molar-refractivity contribution in [1.82, 2.24) is 9.78 Å². The number of nitrogens with zero attached hydrogens (tertiary/aromatic N) is 2. The molecule has 2 atom stereocenters. The summed E-state index contributed by atoms with van der Waals surface area (Å²) in [5.41, 5.74) is 3.71. The lowest BCUT2D eigenvalue weighted by atomic mass is 9.98. The van der Waals surface area contributed by atoms with Gasteiger partial charge in [0.05, 0.1) is 29.3 Å². The fourth-order valence-electron chi connectivity index (χ4n) is 4.15. The monoisotopic (exact) mass is 310 g/mol. The molecule has 2 unspecified atom stereocenters. The molecule has 1 aliphatic heterocycles. The van der Waals surface area contributed by atoms with Crippen molar-refractivity contribution in [2.75, 3.05) is 0 Å². The highest BCUT2D eigenvalue weighted by Gasteiger charge is 2.42. The molecule has 2 fully saturated rings. The van der Waals surface area contributed by atoms with Gasteiger partial charge in [-0.05, 0) is 46.0 Å². The fraction of sp³-hybridized carbons (Fsp3) is 0.824. The van der Waals surface area contributed by atoms with Gasteiger partial charge in [0.1, 0.15) is 0 Å². The highest BCUT2D eigenvalue weighted by molar-refractivity contribution is 6.20. The van der Waals surface area contributed by atoms with E-state index in [-0.39, 0.29) is 11.0 Å². The van der Waals surface area contributed by atoms with E-state index in [1.165, 1.54) is 49.8 Å². The Morgan fingerprint density at radius 2 is 2.05 bits per heavy atom. The second-order valence-corrected chi connectivity index (χ2v) is 7.34. The van der Waals surface area contributed by atoms with Crippen LogP contribution in [-0.4, -0.2) is 21.5 Å². The largest absolute Gasteiger partial charge is 0.370 e. The maximum atomic E-state index is 6.45. The summed E-state index contributed by atoms with van der Waals surface area (Å²) in [6.45, 7) is 7.21.